The first-order chi connectivity index (χ1) is 11.4. The summed E-state index contributed by atoms with van der Waals surface area (Å²) < 4.78 is 5.37. The molecule has 148 valence electrons. The van der Waals surface area contributed by atoms with Crippen molar-refractivity contribution in [1.29, 1.82) is 0 Å². The van der Waals surface area contributed by atoms with Gasteiger partial charge in [0.1, 0.15) is 16.6 Å². The Balaban J connectivity index is 0.00000625. The number of halogens is 2. The van der Waals surface area contributed by atoms with Crippen molar-refractivity contribution in [3.05, 3.63) is 22.8 Å². The molecule has 9 heteroatoms. The second kappa shape index (κ2) is 9.94. The van der Waals surface area contributed by atoms with Crippen molar-refractivity contribution in [3.63, 3.8) is 0 Å². The van der Waals surface area contributed by atoms with E-state index in [1.807, 2.05) is 19.0 Å². The van der Waals surface area contributed by atoms with Gasteiger partial charge in [0.15, 0.2) is 0 Å². The number of carbonyl (C=O) groups excluding carboxylic acids is 2. The van der Waals surface area contributed by atoms with Gasteiger partial charge in [0, 0.05) is 27.2 Å². The number of ether oxygens (including phenoxy) is 1. The topological polar surface area (TPSA) is 66.0 Å². The zero-order valence-electron chi connectivity index (χ0n) is 16.4. The molecule has 1 heterocycles. The molecule has 26 heavy (non-hydrogen) atoms. The Morgan fingerprint density at radius 2 is 1.69 bits per heavy atom. The largest absolute Gasteiger partial charge is 0.456 e. The van der Waals surface area contributed by atoms with Gasteiger partial charge in [0.2, 0.25) is 0 Å². The van der Waals surface area contributed by atoms with E-state index in [1.165, 1.54) is 21.9 Å². The number of pyridine rings is 1. The monoisotopic (exact) mass is 406 g/mol. The summed E-state index contributed by atoms with van der Waals surface area (Å²) >= 11 is 6.08. The predicted molar refractivity (Wildman–Crippen MR) is 107 cm³/mol. The van der Waals surface area contributed by atoms with E-state index in [4.69, 9.17) is 16.3 Å². The third kappa shape index (κ3) is 7.76. The highest BCUT2D eigenvalue weighted by atomic mass is 35.5. The van der Waals surface area contributed by atoms with E-state index in [1.54, 1.807) is 34.9 Å². The number of carbonyl (C=O) groups is 2. The van der Waals surface area contributed by atoms with Gasteiger partial charge >= 0.3 is 12.0 Å². The SMILES string of the molecule is CN(C)CCN(C(=O)N(C)C)c1cc(C(=O)OC(C)(C)C)cc(Cl)n1.Cl. The van der Waals surface area contributed by atoms with E-state index in [-0.39, 0.29) is 29.2 Å². The van der Waals surface area contributed by atoms with Crippen molar-refractivity contribution in [2.75, 3.05) is 46.2 Å². The molecule has 0 atom stereocenters. The van der Waals surface area contributed by atoms with Gasteiger partial charge in [0.05, 0.1) is 5.56 Å². The number of hydrogen-bond donors (Lipinski definition) is 0. The molecule has 0 saturated heterocycles. The van der Waals surface area contributed by atoms with Crippen LogP contribution in [0.5, 0.6) is 0 Å². The van der Waals surface area contributed by atoms with E-state index in [9.17, 15) is 9.59 Å². The number of urea groups is 1. The molecule has 7 nitrogen and oxygen atoms in total. The number of anilines is 1. The van der Waals surface area contributed by atoms with Crippen molar-refractivity contribution >= 4 is 41.8 Å². The summed E-state index contributed by atoms with van der Waals surface area (Å²) in [5, 5.41) is 0.125. The van der Waals surface area contributed by atoms with E-state index in [0.717, 1.165) is 0 Å². The summed E-state index contributed by atoms with van der Waals surface area (Å²) in [6.45, 7) is 6.40. The molecule has 0 saturated carbocycles. The third-order valence-corrected chi connectivity index (χ3v) is 3.27. The molecule has 0 aromatic carbocycles. The van der Waals surface area contributed by atoms with Crippen LogP contribution in [-0.2, 0) is 4.74 Å². The molecule has 0 unspecified atom stereocenters. The number of likely N-dealkylation sites (N-methyl/N-ethyl adjacent to an activating group) is 1. The Bertz CT molecular complexity index is 631. The molecule has 0 fully saturated rings. The highest BCUT2D eigenvalue weighted by molar-refractivity contribution is 6.30. The van der Waals surface area contributed by atoms with Gasteiger partial charge < -0.3 is 14.5 Å². The third-order valence-electron chi connectivity index (χ3n) is 3.08. The van der Waals surface area contributed by atoms with Crippen LogP contribution in [0.15, 0.2) is 12.1 Å². The molecule has 1 aromatic rings. The maximum atomic E-state index is 12.5. The fourth-order valence-electron chi connectivity index (χ4n) is 1.93. The highest BCUT2D eigenvalue weighted by Gasteiger charge is 2.23. The summed E-state index contributed by atoms with van der Waals surface area (Å²) in [5.41, 5.74) is -0.372. The maximum absolute atomic E-state index is 12.5. The molecule has 2 amide bonds. The van der Waals surface area contributed by atoms with Crippen molar-refractivity contribution in [1.82, 2.24) is 14.8 Å². The molecule has 1 rings (SSSR count). The molecule has 0 spiro atoms. The minimum absolute atomic E-state index is 0. The molecule has 0 radical (unpaired) electrons. The van der Waals surface area contributed by atoms with Crippen molar-refractivity contribution < 1.29 is 14.3 Å². The number of esters is 1. The van der Waals surface area contributed by atoms with Gasteiger partial charge in [-0.3, -0.25) is 4.90 Å². The summed E-state index contributed by atoms with van der Waals surface area (Å²) in [6.07, 6.45) is 0. The van der Waals surface area contributed by atoms with E-state index in [2.05, 4.69) is 4.98 Å². The average molecular weight is 407 g/mol. The molecule has 0 bridgehead atoms. The molecule has 0 aliphatic carbocycles. The smallest absolute Gasteiger partial charge is 0.338 e. The number of rotatable bonds is 5. The first kappa shape index (κ1) is 24.4. The quantitative estimate of drug-likeness (QED) is 0.554. The summed E-state index contributed by atoms with van der Waals surface area (Å²) in [4.78, 5) is 33.9. The number of amides is 2. The van der Waals surface area contributed by atoms with Crippen LogP contribution in [-0.4, -0.2) is 73.7 Å². The first-order valence-electron chi connectivity index (χ1n) is 7.95. The van der Waals surface area contributed by atoms with E-state index >= 15 is 0 Å². The van der Waals surface area contributed by atoms with Crippen LogP contribution in [0.25, 0.3) is 0 Å². The summed E-state index contributed by atoms with van der Waals surface area (Å²) in [7, 11) is 7.14. The van der Waals surface area contributed by atoms with Crippen LogP contribution < -0.4 is 4.90 Å². The molecule has 0 aliphatic heterocycles. The number of aromatic nitrogens is 1. The lowest BCUT2D eigenvalue weighted by atomic mass is 10.2. The lowest BCUT2D eigenvalue weighted by molar-refractivity contribution is 0.00693. The predicted octanol–water partition coefficient (Wildman–Crippen LogP) is 3.16. The highest BCUT2D eigenvalue weighted by Crippen LogP contribution is 2.21. The van der Waals surface area contributed by atoms with Crippen molar-refractivity contribution in [2.45, 2.75) is 26.4 Å². The molecule has 1 aromatic heterocycles. The van der Waals surface area contributed by atoms with Crippen molar-refractivity contribution in [2.24, 2.45) is 0 Å². The Kier molecular flexibility index (Phi) is 9.34. The van der Waals surface area contributed by atoms with Crippen molar-refractivity contribution in [3.8, 4) is 0 Å². The maximum Gasteiger partial charge on any atom is 0.338 e. The minimum Gasteiger partial charge on any atom is -0.456 e. The molecular weight excluding hydrogens is 379 g/mol. The van der Waals surface area contributed by atoms with Gasteiger partial charge in [-0.25, -0.2) is 14.6 Å². The van der Waals surface area contributed by atoms with Gasteiger partial charge in [-0.2, -0.15) is 0 Å². The van der Waals surface area contributed by atoms with Crippen LogP contribution in [0.4, 0.5) is 10.6 Å². The fraction of sp³-hybridized carbons (Fsp3) is 0.588. The lowest BCUT2D eigenvalue weighted by Crippen LogP contribution is -2.43. The number of hydrogen-bond acceptors (Lipinski definition) is 5. The second-order valence-corrected chi connectivity index (χ2v) is 7.56. The fourth-order valence-corrected chi connectivity index (χ4v) is 2.13. The molecule has 0 aliphatic rings. The Hall–Kier alpha value is -1.57. The Morgan fingerprint density at radius 1 is 1.12 bits per heavy atom. The minimum atomic E-state index is -0.628. The Morgan fingerprint density at radius 3 is 2.15 bits per heavy atom. The standard InChI is InChI=1S/C17H27ClN4O3.ClH/c1-17(2,3)25-15(23)12-10-13(18)19-14(11-12)22(9-8-20(4)5)16(24)21(6)7;/h10-11H,8-9H2,1-7H3;1H. The van der Waals surface area contributed by atoms with Crippen LogP contribution >= 0.6 is 24.0 Å². The zero-order chi connectivity index (χ0) is 19.4. The lowest BCUT2D eigenvalue weighted by Gasteiger charge is -2.27. The van der Waals surface area contributed by atoms with Gasteiger partial charge in [-0.05, 0) is 47.0 Å². The van der Waals surface area contributed by atoms with Crippen LogP contribution in [0.1, 0.15) is 31.1 Å². The van der Waals surface area contributed by atoms with Gasteiger partial charge in [-0.1, -0.05) is 11.6 Å². The summed E-state index contributed by atoms with van der Waals surface area (Å²) in [6, 6.07) is 2.71. The molecule has 0 N–H and O–H groups in total. The van der Waals surface area contributed by atoms with E-state index < -0.39 is 11.6 Å². The zero-order valence-corrected chi connectivity index (χ0v) is 17.9. The molecular formula is C17H28Cl2N4O3. The van der Waals surface area contributed by atoms with Gasteiger partial charge in [-0.15, -0.1) is 12.4 Å². The normalized spacial score (nSPS) is 11.0. The van der Waals surface area contributed by atoms with Crippen LogP contribution in [0, 0.1) is 0 Å². The first-order valence-corrected chi connectivity index (χ1v) is 8.33. The summed E-state index contributed by atoms with van der Waals surface area (Å²) in [5.74, 6) is -0.197. The van der Waals surface area contributed by atoms with Gasteiger partial charge in [0.25, 0.3) is 0 Å². The van der Waals surface area contributed by atoms with Crippen LogP contribution in [0.2, 0.25) is 5.15 Å². The van der Waals surface area contributed by atoms with Crippen LogP contribution in [0.3, 0.4) is 0 Å². The second-order valence-electron chi connectivity index (χ2n) is 7.17. The average Bonchev–Trinajstić information content (AvgIpc) is 2.44. The Labute approximate surface area is 166 Å². The number of nitrogens with zero attached hydrogens (tertiary/aromatic N) is 4. The van der Waals surface area contributed by atoms with E-state index in [0.29, 0.717) is 18.9 Å².